The summed E-state index contributed by atoms with van der Waals surface area (Å²) in [4.78, 5) is 36.6. The largest absolute Gasteiger partial charge is 0.419 e. The van der Waals surface area contributed by atoms with Gasteiger partial charge in [-0.3, -0.25) is 14.2 Å². The number of alkyl halides is 3. The number of fused-ring (bicyclic) bond motifs is 1. The van der Waals surface area contributed by atoms with Crippen molar-refractivity contribution in [1.29, 1.82) is 5.26 Å². The summed E-state index contributed by atoms with van der Waals surface area (Å²) in [6, 6.07) is 13.6. The summed E-state index contributed by atoms with van der Waals surface area (Å²) in [6.07, 6.45) is -3.40. The quantitative estimate of drug-likeness (QED) is 0.191. The SMILES string of the molecule is C/C(=C(\CC1CCS(=O)(=O)CC1)C(=O)Cc1ccc(F)c(C(F)(F)F)c1)c1nc2ncccc2c(=O)n1-c1ccc(C#N)cc1. The Morgan fingerprint density at radius 2 is 1.78 bits per heavy atom. The van der Waals surface area contributed by atoms with Crippen LogP contribution in [0.5, 0.6) is 0 Å². The van der Waals surface area contributed by atoms with E-state index in [-0.39, 0.29) is 70.3 Å². The number of ketones is 1. The number of benzene rings is 2. The number of rotatable bonds is 7. The van der Waals surface area contributed by atoms with Gasteiger partial charge in [0.05, 0.1) is 39.8 Å². The van der Waals surface area contributed by atoms with Crippen LogP contribution in [0.2, 0.25) is 0 Å². The van der Waals surface area contributed by atoms with Crippen molar-refractivity contribution in [1.82, 2.24) is 14.5 Å². The standard InChI is InChI=1S/C32H26F4N4O4S/c1-19(30-39-29-24(3-2-12-38-29)31(42)40(30)23-7-4-21(18-37)5-8-23)25(15-20-10-13-45(43,44)14-11-20)28(41)17-22-6-9-27(33)26(16-22)32(34,35)36/h2-9,12,16,20H,10-11,13-15,17H2,1H3/b25-19-. The van der Waals surface area contributed by atoms with Gasteiger partial charge in [0, 0.05) is 18.2 Å². The van der Waals surface area contributed by atoms with Crippen LogP contribution in [0.25, 0.3) is 22.3 Å². The molecule has 13 heteroatoms. The van der Waals surface area contributed by atoms with Gasteiger partial charge in [-0.25, -0.2) is 22.8 Å². The first-order valence-electron chi connectivity index (χ1n) is 13.9. The molecule has 1 fully saturated rings. The van der Waals surface area contributed by atoms with E-state index in [1.807, 2.05) is 6.07 Å². The van der Waals surface area contributed by atoms with Gasteiger partial charge in [-0.15, -0.1) is 0 Å². The Morgan fingerprint density at radius 3 is 2.42 bits per heavy atom. The van der Waals surface area contributed by atoms with E-state index < -0.39 is 45.2 Å². The van der Waals surface area contributed by atoms with Crippen LogP contribution in [-0.2, 0) is 27.2 Å². The molecule has 0 saturated carbocycles. The Labute approximate surface area is 255 Å². The molecule has 1 aliphatic heterocycles. The third-order valence-corrected chi connectivity index (χ3v) is 9.61. The van der Waals surface area contributed by atoms with Crippen LogP contribution >= 0.6 is 0 Å². The second kappa shape index (κ2) is 12.4. The molecule has 4 aromatic rings. The molecule has 1 aliphatic rings. The summed E-state index contributed by atoms with van der Waals surface area (Å²) >= 11 is 0. The van der Waals surface area contributed by atoms with E-state index in [1.165, 1.54) is 22.9 Å². The van der Waals surface area contributed by atoms with Gasteiger partial charge in [-0.05, 0) is 91.8 Å². The molecule has 3 heterocycles. The minimum Gasteiger partial charge on any atom is -0.294 e. The molecule has 0 radical (unpaired) electrons. The Morgan fingerprint density at radius 1 is 1.09 bits per heavy atom. The Balaban J connectivity index is 1.68. The highest BCUT2D eigenvalue weighted by Crippen LogP contribution is 2.34. The maximum absolute atomic E-state index is 14.0. The number of Topliss-reactive ketones (excluding diaryl/α,β-unsaturated/α-hetero) is 1. The molecule has 0 spiro atoms. The number of nitriles is 1. The number of carbonyl (C=O) groups excluding carboxylic acids is 1. The molecule has 0 N–H and O–H groups in total. The molecule has 5 rings (SSSR count). The van der Waals surface area contributed by atoms with Crippen LogP contribution < -0.4 is 5.56 Å². The molecule has 8 nitrogen and oxygen atoms in total. The average molecular weight is 639 g/mol. The first kappa shape index (κ1) is 31.7. The van der Waals surface area contributed by atoms with Gasteiger partial charge < -0.3 is 0 Å². The van der Waals surface area contributed by atoms with E-state index in [2.05, 4.69) is 9.97 Å². The molecule has 232 valence electrons. The fourth-order valence-corrected chi connectivity index (χ4v) is 7.02. The van der Waals surface area contributed by atoms with Crippen molar-refractivity contribution in [2.75, 3.05) is 11.5 Å². The zero-order valence-electron chi connectivity index (χ0n) is 23.9. The number of hydrogen-bond acceptors (Lipinski definition) is 7. The Bertz CT molecular complexity index is 2030. The van der Waals surface area contributed by atoms with Crippen LogP contribution in [0.15, 0.2) is 71.2 Å². The first-order chi connectivity index (χ1) is 21.3. The second-order valence-electron chi connectivity index (χ2n) is 10.9. The van der Waals surface area contributed by atoms with Crippen molar-refractivity contribution in [3.63, 3.8) is 0 Å². The summed E-state index contributed by atoms with van der Waals surface area (Å²) in [5, 5.41) is 9.44. The van der Waals surface area contributed by atoms with Gasteiger partial charge >= 0.3 is 6.18 Å². The van der Waals surface area contributed by atoms with Gasteiger partial charge in [-0.2, -0.15) is 18.4 Å². The Hall–Kier alpha value is -4.70. The molecule has 1 saturated heterocycles. The molecule has 0 aliphatic carbocycles. The molecular weight excluding hydrogens is 612 g/mol. The first-order valence-corrected chi connectivity index (χ1v) is 15.8. The van der Waals surface area contributed by atoms with Crippen molar-refractivity contribution in [3.8, 4) is 11.8 Å². The van der Waals surface area contributed by atoms with E-state index in [0.717, 1.165) is 6.07 Å². The number of hydrogen-bond donors (Lipinski definition) is 0. The molecule has 45 heavy (non-hydrogen) atoms. The predicted molar refractivity (Wildman–Crippen MR) is 159 cm³/mol. The lowest BCUT2D eigenvalue weighted by atomic mass is 9.87. The van der Waals surface area contributed by atoms with E-state index in [4.69, 9.17) is 0 Å². The zero-order chi connectivity index (χ0) is 32.5. The highest BCUT2D eigenvalue weighted by atomic mass is 32.2. The molecule has 0 unspecified atom stereocenters. The molecule has 0 bridgehead atoms. The smallest absolute Gasteiger partial charge is 0.294 e. The number of allylic oxidation sites excluding steroid dienone is 2. The van der Waals surface area contributed by atoms with Crippen molar-refractivity contribution < 1.29 is 30.8 Å². The third kappa shape index (κ3) is 6.86. The van der Waals surface area contributed by atoms with Crippen LogP contribution in [0.1, 0.15) is 48.7 Å². The zero-order valence-corrected chi connectivity index (χ0v) is 24.8. The summed E-state index contributed by atoms with van der Waals surface area (Å²) in [7, 11) is -3.23. The number of nitrogens with zero attached hydrogens (tertiary/aromatic N) is 4. The van der Waals surface area contributed by atoms with E-state index in [9.17, 15) is 40.8 Å². The minimum atomic E-state index is -4.97. The second-order valence-corrected chi connectivity index (χ2v) is 13.2. The summed E-state index contributed by atoms with van der Waals surface area (Å²) < 4.78 is 79.7. The van der Waals surface area contributed by atoms with Gasteiger partial charge in [0.1, 0.15) is 21.5 Å². The number of halogens is 4. The van der Waals surface area contributed by atoms with E-state index in [0.29, 0.717) is 23.4 Å². The van der Waals surface area contributed by atoms with Gasteiger partial charge in [-0.1, -0.05) is 6.07 Å². The lowest BCUT2D eigenvalue weighted by molar-refractivity contribution is -0.140. The average Bonchev–Trinajstić information content (AvgIpc) is 3.00. The molecular formula is C32H26F4N4O4S. The third-order valence-electron chi connectivity index (χ3n) is 7.89. The number of aromatic nitrogens is 3. The fraction of sp³-hybridized carbons (Fsp3) is 0.281. The van der Waals surface area contributed by atoms with Crippen molar-refractivity contribution in [3.05, 3.63) is 105 Å². The summed E-state index contributed by atoms with van der Waals surface area (Å²) in [6.45, 7) is 1.56. The van der Waals surface area contributed by atoms with E-state index in [1.54, 1.807) is 31.2 Å². The Kier molecular flexibility index (Phi) is 8.71. The molecule has 2 aromatic heterocycles. The normalized spacial score (nSPS) is 15.8. The highest BCUT2D eigenvalue weighted by molar-refractivity contribution is 7.91. The number of carbonyl (C=O) groups is 1. The van der Waals surface area contributed by atoms with Crippen LogP contribution in [-0.4, -0.2) is 40.2 Å². The van der Waals surface area contributed by atoms with E-state index >= 15 is 0 Å². The minimum absolute atomic E-state index is 0.0535. The van der Waals surface area contributed by atoms with Gasteiger partial charge in [0.2, 0.25) is 0 Å². The molecule has 0 amide bonds. The van der Waals surface area contributed by atoms with Crippen LogP contribution in [0, 0.1) is 23.1 Å². The summed E-state index contributed by atoms with van der Waals surface area (Å²) in [5.41, 5.74) is -0.872. The lowest BCUT2D eigenvalue weighted by Crippen LogP contribution is -2.26. The fourth-order valence-electron chi connectivity index (χ4n) is 5.43. The van der Waals surface area contributed by atoms with Gasteiger partial charge in [0.25, 0.3) is 5.56 Å². The molecule has 0 atom stereocenters. The van der Waals surface area contributed by atoms with Gasteiger partial charge in [0.15, 0.2) is 11.4 Å². The van der Waals surface area contributed by atoms with Crippen molar-refractivity contribution >= 4 is 32.2 Å². The molecule has 2 aromatic carbocycles. The van der Waals surface area contributed by atoms with Crippen molar-refractivity contribution in [2.45, 2.75) is 38.8 Å². The lowest BCUT2D eigenvalue weighted by Gasteiger charge is -2.24. The maximum atomic E-state index is 14.0. The van der Waals surface area contributed by atoms with Crippen LogP contribution in [0.3, 0.4) is 0 Å². The summed E-state index contributed by atoms with van der Waals surface area (Å²) in [5.74, 6) is -2.37. The monoisotopic (exact) mass is 638 g/mol. The van der Waals surface area contributed by atoms with Crippen LogP contribution in [0.4, 0.5) is 17.6 Å². The topological polar surface area (TPSA) is 123 Å². The number of sulfone groups is 1. The highest BCUT2D eigenvalue weighted by Gasteiger charge is 2.35. The van der Waals surface area contributed by atoms with Crippen molar-refractivity contribution in [2.24, 2.45) is 5.92 Å². The number of pyridine rings is 1. The maximum Gasteiger partial charge on any atom is 0.419 e. The predicted octanol–water partition coefficient (Wildman–Crippen LogP) is 5.61.